The standard InChI is InChI=1S/C18H27N3O3S/c1-4-14(2)15(3)19-20-18(22)16-9-8-10-17(13-16)25(23,24)21-11-6-5-7-12-21/h8-10,13-14H,4-7,11-12H2,1-3H3,(H,20,22)/b19-15-/t14-/m0/s1. The van der Waals surface area contributed by atoms with E-state index < -0.39 is 15.9 Å². The fourth-order valence-corrected chi connectivity index (χ4v) is 4.22. The van der Waals surface area contributed by atoms with Gasteiger partial charge in [-0.2, -0.15) is 9.41 Å². The van der Waals surface area contributed by atoms with Gasteiger partial charge < -0.3 is 0 Å². The first kappa shape index (κ1) is 19.6. The highest BCUT2D eigenvalue weighted by atomic mass is 32.2. The van der Waals surface area contributed by atoms with E-state index >= 15 is 0 Å². The van der Waals surface area contributed by atoms with E-state index in [9.17, 15) is 13.2 Å². The molecule has 138 valence electrons. The number of piperidine rings is 1. The monoisotopic (exact) mass is 365 g/mol. The largest absolute Gasteiger partial charge is 0.271 e. The molecule has 0 aliphatic carbocycles. The van der Waals surface area contributed by atoms with Crippen LogP contribution in [0.15, 0.2) is 34.3 Å². The number of hydrazone groups is 1. The molecule has 1 atom stereocenters. The SMILES string of the molecule is CC[C@H](C)/C(C)=N\NC(=O)c1cccc(S(=O)(=O)N2CCCCC2)c1. The molecule has 2 rings (SSSR count). The Morgan fingerprint density at radius 1 is 1.28 bits per heavy atom. The number of rotatable bonds is 6. The minimum atomic E-state index is -3.55. The van der Waals surface area contributed by atoms with Crippen LogP contribution >= 0.6 is 0 Å². The van der Waals surface area contributed by atoms with Crippen LogP contribution in [-0.4, -0.2) is 37.4 Å². The van der Waals surface area contributed by atoms with Crippen molar-refractivity contribution in [2.24, 2.45) is 11.0 Å². The Hall–Kier alpha value is -1.73. The summed E-state index contributed by atoms with van der Waals surface area (Å²) < 4.78 is 26.9. The Kier molecular flexibility index (Phi) is 6.72. The van der Waals surface area contributed by atoms with Crippen molar-refractivity contribution in [2.75, 3.05) is 13.1 Å². The van der Waals surface area contributed by atoms with Gasteiger partial charge in [0.15, 0.2) is 0 Å². The minimum Gasteiger partial charge on any atom is -0.267 e. The van der Waals surface area contributed by atoms with Crippen LogP contribution in [0.25, 0.3) is 0 Å². The van der Waals surface area contributed by atoms with E-state index in [-0.39, 0.29) is 10.8 Å². The van der Waals surface area contributed by atoms with E-state index in [1.165, 1.54) is 16.4 Å². The molecule has 1 amide bonds. The van der Waals surface area contributed by atoms with Crippen molar-refractivity contribution in [1.82, 2.24) is 9.73 Å². The molecule has 0 bridgehead atoms. The van der Waals surface area contributed by atoms with Gasteiger partial charge in [0, 0.05) is 24.4 Å². The molecular formula is C18H27N3O3S. The molecule has 25 heavy (non-hydrogen) atoms. The molecule has 0 saturated carbocycles. The molecule has 1 aliphatic rings. The predicted molar refractivity (Wildman–Crippen MR) is 99.1 cm³/mol. The molecule has 1 saturated heterocycles. The summed E-state index contributed by atoms with van der Waals surface area (Å²) in [6.07, 6.45) is 3.75. The van der Waals surface area contributed by atoms with Gasteiger partial charge in [0.05, 0.1) is 4.90 Å². The number of hydrogen-bond acceptors (Lipinski definition) is 4. The lowest BCUT2D eigenvalue weighted by atomic mass is 10.1. The van der Waals surface area contributed by atoms with Gasteiger partial charge in [0.2, 0.25) is 10.0 Å². The first-order valence-corrected chi connectivity index (χ1v) is 10.2. The molecule has 0 unspecified atom stereocenters. The van der Waals surface area contributed by atoms with Crippen molar-refractivity contribution < 1.29 is 13.2 Å². The van der Waals surface area contributed by atoms with Crippen LogP contribution in [0.1, 0.15) is 56.8 Å². The van der Waals surface area contributed by atoms with E-state index in [1.54, 1.807) is 12.1 Å². The lowest BCUT2D eigenvalue weighted by Gasteiger charge is -2.25. The van der Waals surface area contributed by atoms with Gasteiger partial charge in [-0.1, -0.05) is 26.3 Å². The second-order valence-corrected chi connectivity index (χ2v) is 8.43. The van der Waals surface area contributed by atoms with Crippen molar-refractivity contribution in [3.63, 3.8) is 0 Å². The maximum Gasteiger partial charge on any atom is 0.271 e. The Balaban J connectivity index is 2.16. The fraction of sp³-hybridized carbons (Fsp3) is 0.556. The normalized spacial score (nSPS) is 18.0. The number of carbonyl (C=O) groups excluding carboxylic acids is 1. The summed E-state index contributed by atoms with van der Waals surface area (Å²) in [4.78, 5) is 12.4. The summed E-state index contributed by atoms with van der Waals surface area (Å²) in [5.41, 5.74) is 3.64. The van der Waals surface area contributed by atoms with Gasteiger partial charge in [-0.15, -0.1) is 0 Å². The van der Waals surface area contributed by atoms with Crippen molar-refractivity contribution >= 4 is 21.6 Å². The zero-order chi connectivity index (χ0) is 18.4. The number of benzene rings is 1. The van der Waals surface area contributed by atoms with E-state index in [2.05, 4.69) is 17.5 Å². The summed E-state index contributed by atoms with van der Waals surface area (Å²) >= 11 is 0. The summed E-state index contributed by atoms with van der Waals surface area (Å²) in [6.45, 7) is 7.04. The van der Waals surface area contributed by atoms with E-state index in [0.29, 0.717) is 18.7 Å². The predicted octanol–water partition coefficient (Wildman–Crippen LogP) is 3.01. The average Bonchev–Trinajstić information content (AvgIpc) is 2.65. The molecule has 1 aromatic carbocycles. The number of amides is 1. The number of sulfonamides is 1. The minimum absolute atomic E-state index is 0.157. The van der Waals surface area contributed by atoms with Gasteiger partial charge >= 0.3 is 0 Å². The zero-order valence-electron chi connectivity index (χ0n) is 15.2. The highest BCUT2D eigenvalue weighted by molar-refractivity contribution is 7.89. The van der Waals surface area contributed by atoms with E-state index in [4.69, 9.17) is 0 Å². The first-order valence-electron chi connectivity index (χ1n) is 8.81. The van der Waals surface area contributed by atoms with Gasteiger partial charge in [0.1, 0.15) is 0 Å². The third kappa shape index (κ3) is 4.89. The molecule has 1 heterocycles. The van der Waals surface area contributed by atoms with Crippen LogP contribution in [0.3, 0.4) is 0 Å². The lowest BCUT2D eigenvalue weighted by molar-refractivity contribution is 0.0954. The molecular weight excluding hydrogens is 338 g/mol. The Morgan fingerprint density at radius 2 is 1.96 bits per heavy atom. The molecule has 0 radical (unpaired) electrons. The van der Waals surface area contributed by atoms with Gasteiger partial charge in [-0.25, -0.2) is 13.8 Å². The average molecular weight is 365 g/mol. The van der Waals surface area contributed by atoms with Crippen LogP contribution < -0.4 is 5.43 Å². The third-order valence-electron chi connectivity index (χ3n) is 4.71. The third-order valence-corrected chi connectivity index (χ3v) is 6.60. The maximum atomic E-state index is 12.7. The summed E-state index contributed by atoms with van der Waals surface area (Å²) in [5.74, 6) is -0.121. The number of nitrogens with zero attached hydrogens (tertiary/aromatic N) is 2. The molecule has 1 aromatic rings. The number of hydrogen-bond donors (Lipinski definition) is 1. The molecule has 6 nitrogen and oxygen atoms in total. The second kappa shape index (κ2) is 8.58. The Morgan fingerprint density at radius 3 is 2.60 bits per heavy atom. The van der Waals surface area contributed by atoms with Crippen LogP contribution in [0, 0.1) is 5.92 Å². The zero-order valence-corrected chi connectivity index (χ0v) is 16.0. The summed E-state index contributed by atoms with van der Waals surface area (Å²) in [6, 6.07) is 6.15. The van der Waals surface area contributed by atoms with E-state index in [0.717, 1.165) is 31.4 Å². The molecule has 0 aromatic heterocycles. The molecule has 1 aliphatic heterocycles. The van der Waals surface area contributed by atoms with Gasteiger partial charge in [-0.05, 0) is 50.3 Å². The van der Waals surface area contributed by atoms with Crippen molar-refractivity contribution in [3.05, 3.63) is 29.8 Å². The highest BCUT2D eigenvalue weighted by Gasteiger charge is 2.26. The molecule has 1 N–H and O–H groups in total. The first-order chi connectivity index (χ1) is 11.9. The van der Waals surface area contributed by atoms with Crippen LogP contribution in [0.4, 0.5) is 0 Å². The van der Waals surface area contributed by atoms with Crippen molar-refractivity contribution in [3.8, 4) is 0 Å². The molecule has 7 heteroatoms. The Bertz CT molecular complexity index is 738. The topological polar surface area (TPSA) is 78.8 Å². The number of nitrogens with one attached hydrogen (secondary N) is 1. The Labute approximate surface area is 150 Å². The molecule has 0 spiro atoms. The smallest absolute Gasteiger partial charge is 0.267 e. The van der Waals surface area contributed by atoms with Crippen LogP contribution in [0.5, 0.6) is 0 Å². The number of carbonyl (C=O) groups is 1. The summed E-state index contributed by atoms with van der Waals surface area (Å²) in [5, 5.41) is 4.11. The maximum absolute atomic E-state index is 12.7. The summed E-state index contributed by atoms with van der Waals surface area (Å²) in [7, 11) is -3.55. The van der Waals surface area contributed by atoms with E-state index in [1.807, 2.05) is 13.8 Å². The second-order valence-electron chi connectivity index (χ2n) is 6.50. The highest BCUT2D eigenvalue weighted by Crippen LogP contribution is 2.21. The van der Waals surface area contributed by atoms with Crippen LogP contribution in [0.2, 0.25) is 0 Å². The van der Waals surface area contributed by atoms with Gasteiger partial charge in [-0.3, -0.25) is 4.79 Å². The van der Waals surface area contributed by atoms with Crippen molar-refractivity contribution in [2.45, 2.75) is 51.3 Å². The van der Waals surface area contributed by atoms with Crippen molar-refractivity contribution in [1.29, 1.82) is 0 Å². The lowest BCUT2D eigenvalue weighted by Crippen LogP contribution is -2.35. The quantitative estimate of drug-likeness (QED) is 0.622. The van der Waals surface area contributed by atoms with Crippen LogP contribution in [-0.2, 0) is 10.0 Å². The molecule has 1 fully saturated rings. The fourth-order valence-electron chi connectivity index (χ4n) is 2.66. The van der Waals surface area contributed by atoms with Gasteiger partial charge in [0.25, 0.3) is 5.91 Å².